The zero-order valence-electron chi connectivity index (χ0n) is 14.2. The molecule has 2 aliphatic rings. The summed E-state index contributed by atoms with van der Waals surface area (Å²) < 4.78 is 17.3. The zero-order valence-corrected chi connectivity index (χ0v) is 14.2. The fourth-order valence-corrected chi connectivity index (χ4v) is 3.51. The molecule has 1 aliphatic heterocycles. The zero-order chi connectivity index (χ0) is 15.3. The Morgan fingerprint density at radius 2 is 1.90 bits per heavy atom. The topological polar surface area (TPSA) is 39.7 Å². The average molecular weight is 299 g/mol. The molecule has 0 amide bonds. The molecule has 2 rings (SSSR count). The van der Waals surface area contributed by atoms with E-state index in [1.165, 1.54) is 12.8 Å². The quantitative estimate of drug-likeness (QED) is 0.766. The average Bonchev–Trinajstić information content (AvgIpc) is 2.81. The Kier molecular flexibility index (Phi) is 6.06. The van der Waals surface area contributed by atoms with E-state index in [1.807, 2.05) is 0 Å². The summed E-state index contributed by atoms with van der Waals surface area (Å²) in [6, 6.07) is 0. The maximum Gasteiger partial charge on any atom is 0.168 e. The summed E-state index contributed by atoms with van der Waals surface area (Å²) in [5.74, 6) is 0.531. The fraction of sp³-hybridized carbons (Fsp3) is 1.00. The summed E-state index contributed by atoms with van der Waals surface area (Å²) in [5, 5.41) is 3.37. The van der Waals surface area contributed by atoms with Crippen LogP contribution >= 0.6 is 0 Å². The van der Waals surface area contributed by atoms with Gasteiger partial charge in [-0.1, -0.05) is 20.8 Å². The highest BCUT2D eigenvalue weighted by molar-refractivity contribution is 4.88. The fourth-order valence-electron chi connectivity index (χ4n) is 3.51. The third-order valence-electron chi connectivity index (χ3n) is 5.01. The molecule has 4 nitrogen and oxygen atoms in total. The molecule has 1 saturated heterocycles. The van der Waals surface area contributed by atoms with E-state index in [1.54, 1.807) is 7.11 Å². The van der Waals surface area contributed by atoms with Crippen molar-refractivity contribution in [3.63, 3.8) is 0 Å². The maximum atomic E-state index is 6.26. The van der Waals surface area contributed by atoms with Gasteiger partial charge in [-0.25, -0.2) is 0 Å². The molecule has 0 aromatic rings. The summed E-state index contributed by atoms with van der Waals surface area (Å²) in [6.45, 7) is 10.4. The largest absolute Gasteiger partial charge is 0.383 e. The molecule has 0 bridgehead atoms. The first kappa shape index (κ1) is 17.2. The van der Waals surface area contributed by atoms with E-state index < -0.39 is 0 Å². The second-order valence-corrected chi connectivity index (χ2v) is 7.63. The molecule has 4 heteroatoms. The lowest BCUT2D eigenvalue weighted by Gasteiger charge is -2.41. The lowest BCUT2D eigenvalue weighted by molar-refractivity contribution is -0.196. The molecule has 0 radical (unpaired) electrons. The Hall–Kier alpha value is -0.160. The van der Waals surface area contributed by atoms with Crippen molar-refractivity contribution in [3.8, 4) is 0 Å². The van der Waals surface area contributed by atoms with Gasteiger partial charge in [0.05, 0.1) is 19.3 Å². The maximum absolute atomic E-state index is 6.26. The van der Waals surface area contributed by atoms with Crippen molar-refractivity contribution in [2.75, 3.05) is 33.4 Å². The minimum Gasteiger partial charge on any atom is -0.383 e. The number of rotatable bonds is 6. The van der Waals surface area contributed by atoms with Crippen LogP contribution in [0.15, 0.2) is 0 Å². The van der Waals surface area contributed by atoms with E-state index in [0.717, 1.165) is 51.5 Å². The third kappa shape index (κ3) is 4.92. The van der Waals surface area contributed by atoms with Crippen LogP contribution in [0.4, 0.5) is 0 Å². The Morgan fingerprint density at radius 1 is 1.19 bits per heavy atom. The smallest absolute Gasteiger partial charge is 0.168 e. The van der Waals surface area contributed by atoms with Crippen molar-refractivity contribution in [1.82, 2.24) is 5.32 Å². The predicted molar refractivity (Wildman–Crippen MR) is 84.3 cm³/mol. The molecule has 1 spiro atoms. The van der Waals surface area contributed by atoms with E-state index in [4.69, 9.17) is 14.2 Å². The summed E-state index contributed by atoms with van der Waals surface area (Å²) in [6.07, 6.45) is 5.84. The van der Waals surface area contributed by atoms with Crippen LogP contribution in [0.2, 0.25) is 0 Å². The van der Waals surface area contributed by atoms with Crippen LogP contribution < -0.4 is 5.32 Å². The minimum absolute atomic E-state index is 0.256. The molecule has 2 fully saturated rings. The SMILES string of the molecule is COCCNCCC1COC2(CCC(C(C)(C)C)CC2)O1. The molecule has 1 aliphatic carbocycles. The normalized spacial score (nSPS) is 33.7. The van der Waals surface area contributed by atoms with Gasteiger partial charge in [-0.15, -0.1) is 0 Å². The van der Waals surface area contributed by atoms with Crippen molar-refractivity contribution in [2.45, 2.75) is 64.8 Å². The van der Waals surface area contributed by atoms with E-state index in [9.17, 15) is 0 Å². The Labute approximate surface area is 129 Å². The van der Waals surface area contributed by atoms with E-state index in [2.05, 4.69) is 26.1 Å². The van der Waals surface area contributed by atoms with Crippen LogP contribution in [0.5, 0.6) is 0 Å². The molecule has 0 aromatic carbocycles. The van der Waals surface area contributed by atoms with Crippen LogP contribution in [0, 0.1) is 11.3 Å². The summed E-state index contributed by atoms with van der Waals surface area (Å²) >= 11 is 0. The van der Waals surface area contributed by atoms with Crippen molar-refractivity contribution in [3.05, 3.63) is 0 Å². The lowest BCUT2D eigenvalue weighted by Crippen LogP contribution is -2.39. The van der Waals surface area contributed by atoms with Gasteiger partial charge < -0.3 is 19.5 Å². The molecule has 21 heavy (non-hydrogen) atoms. The summed E-state index contributed by atoms with van der Waals surface area (Å²) in [4.78, 5) is 0. The van der Waals surface area contributed by atoms with Crippen molar-refractivity contribution < 1.29 is 14.2 Å². The molecular weight excluding hydrogens is 266 g/mol. The standard InChI is InChI=1S/C17H33NO3/c1-16(2,3)14-5-8-17(9-6-14)20-13-15(21-17)7-10-18-11-12-19-4/h14-15,18H,5-13H2,1-4H3. The van der Waals surface area contributed by atoms with Crippen LogP contribution in [0.3, 0.4) is 0 Å². The van der Waals surface area contributed by atoms with Gasteiger partial charge in [0.2, 0.25) is 0 Å². The van der Waals surface area contributed by atoms with Crippen LogP contribution in [-0.2, 0) is 14.2 Å². The monoisotopic (exact) mass is 299 g/mol. The van der Waals surface area contributed by atoms with Gasteiger partial charge in [0, 0.05) is 26.5 Å². The first-order chi connectivity index (χ1) is 9.95. The van der Waals surface area contributed by atoms with E-state index in [-0.39, 0.29) is 11.9 Å². The van der Waals surface area contributed by atoms with Crippen LogP contribution in [0.1, 0.15) is 52.9 Å². The molecule has 124 valence electrons. The molecular formula is C17H33NO3. The highest BCUT2D eigenvalue weighted by atomic mass is 16.7. The lowest BCUT2D eigenvalue weighted by atomic mass is 9.71. The molecule has 1 N–H and O–H groups in total. The van der Waals surface area contributed by atoms with Gasteiger partial charge >= 0.3 is 0 Å². The minimum atomic E-state index is -0.265. The number of ether oxygens (including phenoxy) is 3. The van der Waals surface area contributed by atoms with Gasteiger partial charge in [-0.05, 0) is 37.1 Å². The second-order valence-electron chi connectivity index (χ2n) is 7.63. The summed E-state index contributed by atoms with van der Waals surface area (Å²) in [7, 11) is 1.73. The first-order valence-electron chi connectivity index (χ1n) is 8.47. The third-order valence-corrected chi connectivity index (χ3v) is 5.01. The van der Waals surface area contributed by atoms with E-state index in [0.29, 0.717) is 5.41 Å². The number of methoxy groups -OCH3 is 1. The van der Waals surface area contributed by atoms with Gasteiger partial charge in [0.1, 0.15) is 0 Å². The van der Waals surface area contributed by atoms with Crippen LogP contribution in [0.25, 0.3) is 0 Å². The van der Waals surface area contributed by atoms with Gasteiger partial charge in [0.25, 0.3) is 0 Å². The van der Waals surface area contributed by atoms with E-state index >= 15 is 0 Å². The van der Waals surface area contributed by atoms with Crippen molar-refractivity contribution >= 4 is 0 Å². The second kappa shape index (κ2) is 7.40. The Morgan fingerprint density at radius 3 is 2.52 bits per heavy atom. The van der Waals surface area contributed by atoms with Crippen molar-refractivity contribution in [1.29, 1.82) is 0 Å². The van der Waals surface area contributed by atoms with Crippen LogP contribution in [-0.4, -0.2) is 45.3 Å². The molecule has 0 aromatic heterocycles. The van der Waals surface area contributed by atoms with Gasteiger partial charge in [-0.2, -0.15) is 0 Å². The van der Waals surface area contributed by atoms with Crippen molar-refractivity contribution in [2.24, 2.45) is 11.3 Å². The highest BCUT2D eigenvalue weighted by Crippen LogP contribution is 2.45. The van der Waals surface area contributed by atoms with Gasteiger partial charge in [0.15, 0.2) is 5.79 Å². The summed E-state index contributed by atoms with van der Waals surface area (Å²) in [5.41, 5.74) is 0.408. The van der Waals surface area contributed by atoms with Gasteiger partial charge in [-0.3, -0.25) is 0 Å². The Balaban J connectivity index is 1.68. The first-order valence-corrected chi connectivity index (χ1v) is 8.47. The highest BCUT2D eigenvalue weighted by Gasteiger charge is 2.45. The Bertz CT molecular complexity index is 306. The molecule has 1 heterocycles. The predicted octanol–water partition coefficient (Wildman–Crippen LogP) is 2.96. The molecule has 1 saturated carbocycles. The molecule has 1 atom stereocenters. The number of hydrogen-bond donors (Lipinski definition) is 1. The number of nitrogens with one attached hydrogen (secondary N) is 1. The molecule has 1 unspecified atom stereocenters. The number of hydrogen-bond acceptors (Lipinski definition) is 4.